The van der Waals surface area contributed by atoms with Crippen LogP contribution in [0.25, 0.3) is 0 Å². The molecule has 0 aromatic rings. The average Bonchev–Trinajstić information content (AvgIpc) is 0.811. The van der Waals surface area contributed by atoms with Gasteiger partial charge >= 0.3 is 89.7 Å². The first kappa shape index (κ1) is 42.3. The summed E-state index contributed by atoms with van der Waals surface area (Å²) in [4.78, 5) is 0. The molecule has 9 heavy (non-hydrogen) atoms. The molecule has 48 valence electrons. The van der Waals surface area contributed by atoms with E-state index in [1.807, 2.05) is 0 Å². The molecule has 6 N–H and O–H groups in total. The van der Waals surface area contributed by atoms with Crippen molar-refractivity contribution in [3.63, 3.8) is 0 Å². The fourth-order valence-corrected chi connectivity index (χ4v) is 0. The SMILES string of the molecule is O.O.O.[Na+].[Na+].[O]=[Sn]([O-])[O-]. The summed E-state index contributed by atoms with van der Waals surface area (Å²) < 4.78 is 25.8. The van der Waals surface area contributed by atoms with Crippen LogP contribution in [-0.2, 0) is 3.08 Å². The van der Waals surface area contributed by atoms with Gasteiger partial charge in [0.1, 0.15) is 0 Å². The van der Waals surface area contributed by atoms with Gasteiger partial charge in [-0.1, -0.05) is 0 Å². The summed E-state index contributed by atoms with van der Waals surface area (Å²) in [5.41, 5.74) is 0. The van der Waals surface area contributed by atoms with Crippen LogP contribution in [0.1, 0.15) is 0 Å². The van der Waals surface area contributed by atoms with Gasteiger partial charge in [0, 0.05) is 0 Å². The Labute approximate surface area is 104 Å². The van der Waals surface area contributed by atoms with Crippen LogP contribution < -0.4 is 66.0 Å². The Balaban J connectivity index is -0.00000000450. The third-order valence-electron chi connectivity index (χ3n) is 0. The van der Waals surface area contributed by atoms with E-state index in [9.17, 15) is 0 Å². The summed E-state index contributed by atoms with van der Waals surface area (Å²) in [6, 6.07) is 0. The molecular formula is H6Na2O6Sn. The van der Waals surface area contributed by atoms with Crippen molar-refractivity contribution < 1.29 is 85.5 Å². The van der Waals surface area contributed by atoms with E-state index in [0.717, 1.165) is 0 Å². The Kier molecular flexibility index (Phi) is 148. The van der Waals surface area contributed by atoms with Crippen LogP contribution in [0.2, 0.25) is 0 Å². The van der Waals surface area contributed by atoms with Crippen LogP contribution in [0.4, 0.5) is 0 Å². The van der Waals surface area contributed by atoms with Gasteiger partial charge in [-0.25, -0.2) is 0 Å². The van der Waals surface area contributed by atoms with Crippen LogP contribution in [0.15, 0.2) is 0 Å². The first-order valence-electron chi connectivity index (χ1n) is 0.612. The van der Waals surface area contributed by atoms with Crippen molar-refractivity contribution in [1.29, 1.82) is 0 Å². The molecular weight excluding hydrogens is 261 g/mol. The van der Waals surface area contributed by atoms with Crippen LogP contribution in [0.5, 0.6) is 0 Å². The Hall–Kier alpha value is 2.40. The van der Waals surface area contributed by atoms with Crippen LogP contribution in [-0.4, -0.2) is 37.0 Å². The van der Waals surface area contributed by atoms with E-state index in [1.165, 1.54) is 0 Å². The van der Waals surface area contributed by atoms with Crippen molar-refractivity contribution in [3.8, 4) is 0 Å². The molecule has 0 aliphatic rings. The second kappa shape index (κ2) is 31.5. The zero-order valence-corrected chi connectivity index (χ0v) is 12.1. The van der Waals surface area contributed by atoms with E-state index in [1.54, 1.807) is 0 Å². The molecule has 0 rings (SSSR count). The van der Waals surface area contributed by atoms with E-state index in [0.29, 0.717) is 0 Å². The van der Waals surface area contributed by atoms with Crippen molar-refractivity contribution in [3.05, 3.63) is 0 Å². The van der Waals surface area contributed by atoms with E-state index in [2.05, 4.69) is 0 Å². The summed E-state index contributed by atoms with van der Waals surface area (Å²) in [6.45, 7) is 0. The average molecular weight is 267 g/mol. The molecule has 0 saturated heterocycles. The Morgan fingerprint density at radius 2 is 0.889 bits per heavy atom. The van der Waals surface area contributed by atoms with Gasteiger partial charge in [0.05, 0.1) is 0 Å². The van der Waals surface area contributed by atoms with E-state index >= 15 is 0 Å². The third-order valence-corrected chi connectivity index (χ3v) is 0. The fraction of sp³-hybridized carbons (Fsp3) is 0. The van der Waals surface area contributed by atoms with Crippen molar-refractivity contribution in [2.75, 3.05) is 0 Å². The standard InChI is InChI=1S/2Na.3H2O.3O.Sn/h;;3*1H2;;;;/q2*+1;;;;;2*-1;. The monoisotopic (exact) mass is 268 g/mol. The fourth-order valence-electron chi connectivity index (χ4n) is 0. The maximum absolute atomic E-state index is 8.61. The van der Waals surface area contributed by atoms with Gasteiger partial charge in [0.25, 0.3) is 0 Å². The van der Waals surface area contributed by atoms with Crippen molar-refractivity contribution in [2.45, 2.75) is 0 Å². The van der Waals surface area contributed by atoms with Gasteiger partial charge in [-0.05, 0) is 0 Å². The summed E-state index contributed by atoms with van der Waals surface area (Å²) in [5.74, 6) is 0. The molecule has 0 unspecified atom stereocenters. The Morgan fingerprint density at radius 1 is 0.889 bits per heavy atom. The van der Waals surface area contributed by atoms with Gasteiger partial charge < -0.3 is 16.4 Å². The molecule has 0 saturated carbocycles. The summed E-state index contributed by atoms with van der Waals surface area (Å²) >= 11 is -4.29. The molecule has 0 radical (unpaired) electrons. The van der Waals surface area contributed by atoms with E-state index in [-0.39, 0.29) is 75.5 Å². The predicted octanol–water partition coefficient (Wildman–Crippen LogP) is -11.3. The summed E-state index contributed by atoms with van der Waals surface area (Å²) in [7, 11) is 0. The van der Waals surface area contributed by atoms with Crippen molar-refractivity contribution in [2.24, 2.45) is 0 Å². The molecule has 0 aromatic carbocycles. The summed E-state index contributed by atoms with van der Waals surface area (Å²) in [6.07, 6.45) is 0. The van der Waals surface area contributed by atoms with E-state index in [4.69, 9.17) is 9.96 Å². The molecule has 0 fully saturated rings. The van der Waals surface area contributed by atoms with Crippen molar-refractivity contribution >= 4 is 20.6 Å². The molecule has 0 aromatic heterocycles. The van der Waals surface area contributed by atoms with Gasteiger partial charge in [-0.2, -0.15) is 0 Å². The predicted molar refractivity (Wildman–Crippen MR) is 17.3 cm³/mol. The number of rotatable bonds is 0. The van der Waals surface area contributed by atoms with Crippen LogP contribution >= 0.6 is 0 Å². The Morgan fingerprint density at radius 3 is 0.889 bits per heavy atom. The molecule has 0 amide bonds. The normalized spacial score (nSPS) is 2.89. The molecule has 0 heterocycles. The van der Waals surface area contributed by atoms with Gasteiger partial charge in [0.2, 0.25) is 0 Å². The second-order valence-electron chi connectivity index (χ2n) is 0.250. The van der Waals surface area contributed by atoms with Crippen molar-refractivity contribution in [1.82, 2.24) is 0 Å². The minimum absolute atomic E-state index is 0. The molecule has 0 aliphatic carbocycles. The molecule has 0 atom stereocenters. The first-order valence-corrected chi connectivity index (χ1v) is 4.11. The molecule has 0 bridgehead atoms. The zero-order valence-electron chi connectivity index (χ0n) is 5.22. The minimum atomic E-state index is -4.29. The first-order chi connectivity index (χ1) is 1.73. The second-order valence-corrected chi connectivity index (χ2v) is 1.68. The van der Waals surface area contributed by atoms with Gasteiger partial charge in [-0.15, -0.1) is 0 Å². The van der Waals surface area contributed by atoms with Gasteiger partial charge in [0.15, 0.2) is 0 Å². The van der Waals surface area contributed by atoms with E-state index < -0.39 is 20.6 Å². The number of hydrogen-bond acceptors (Lipinski definition) is 3. The van der Waals surface area contributed by atoms with Gasteiger partial charge in [-0.3, -0.25) is 0 Å². The van der Waals surface area contributed by atoms with Crippen LogP contribution in [0, 0.1) is 0 Å². The summed E-state index contributed by atoms with van der Waals surface area (Å²) in [5, 5.41) is 0. The maximum atomic E-state index is 8.61. The third kappa shape index (κ3) is 127. The topological polar surface area (TPSA) is 158 Å². The molecule has 0 aliphatic heterocycles. The zero-order chi connectivity index (χ0) is 3.58. The number of hydrogen-bond donors (Lipinski definition) is 0. The molecule has 6 nitrogen and oxygen atoms in total. The van der Waals surface area contributed by atoms with Crippen LogP contribution in [0.3, 0.4) is 0 Å². The molecule has 9 heteroatoms. The quantitative estimate of drug-likeness (QED) is 0.399. The molecule has 0 spiro atoms. The Bertz CT molecular complexity index is 34.0.